The topological polar surface area (TPSA) is 75.7 Å². The number of hydrogen-bond donors (Lipinski definition) is 1. The van der Waals surface area contributed by atoms with Gasteiger partial charge in [-0.15, -0.1) is 0 Å². The summed E-state index contributed by atoms with van der Waals surface area (Å²) < 4.78 is 4.65. The number of esters is 1. The molecule has 1 aliphatic heterocycles. The van der Waals surface area contributed by atoms with Gasteiger partial charge < -0.3 is 10.1 Å². The van der Waals surface area contributed by atoms with Crippen molar-refractivity contribution in [3.8, 4) is 0 Å². The molecule has 0 saturated carbocycles. The van der Waals surface area contributed by atoms with Gasteiger partial charge in [0, 0.05) is 15.7 Å². The molecule has 1 heterocycles. The Balaban J connectivity index is 1.93. The molecule has 2 aromatic rings. The molecule has 2 amide bonds. The van der Waals surface area contributed by atoms with Gasteiger partial charge in [0.1, 0.15) is 10.7 Å². The van der Waals surface area contributed by atoms with Crippen LogP contribution in [-0.2, 0) is 14.3 Å². The van der Waals surface area contributed by atoms with Gasteiger partial charge in [0.05, 0.1) is 18.4 Å². The molecule has 0 radical (unpaired) electrons. The molecule has 9 heteroatoms. The van der Waals surface area contributed by atoms with Crippen LogP contribution in [0.3, 0.4) is 0 Å². The van der Waals surface area contributed by atoms with Crippen molar-refractivity contribution in [3.05, 3.63) is 68.8 Å². The van der Waals surface area contributed by atoms with Crippen LogP contribution >= 0.6 is 34.8 Å². The number of methoxy groups -OCH3 is 1. The van der Waals surface area contributed by atoms with E-state index in [2.05, 4.69) is 10.1 Å². The highest BCUT2D eigenvalue weighted by atomic mass is 35.5. The normalized spacial score (nSPS) is 14.0. The summed E-state index contributed by atoms with van der Waals surface area (Å²) in [6, 6.07) is 10.5. The number of rotatable bonds is 4. The van der Waals surface area contributed by atoms with Crippen LogP contribution < -0.4 is 10.2 Å². The van der Waals surface area contributed by atoms with Gasteiger partial charge in [-0.2, -0.15) is 0 Å². The van der Waals surface area contributed by atoms with Gasteiger partial charge in [0.15, 0.2) is 0 Å². The Bertz CT molecular complexity index is 984. The minimum absolute atomic E-state index is 0.122. The molecule has 3 rings (SSSR count). The van der Waals surface area contributed by atoms with Crippen molar-refractivity contribution < 1.29 is 19.1 Å². The van der Waals surface area contributed by atoms with E-state index in [9.17, 15) is 14.4 Å². The van der Waals surface area contributed by atoms with Gasteiger partial charge in [-0.3, -0.25) is 9.59 Å². The maximum absolute atomic E-state index is 12.8. The zero-order valence-corrected chi connectivity index (χ0v) is 16.0. The molecule has 0 atom stereocenters. The van der Waals surface area contributed by atoms with Crippen LogP contribution in [0, 0.1) is 0 Å². The Kier molecular flexibility index (Phi) is 5.41. The summed E-state index contributed by atoms with van der Waals surface area (Å²) in [7, 11) is 1.23. The Morgan fingerprint density at radius 1 is 1.00 bits per heavy atom. The fourth-order valence-electron chi connectivity index (χ4n) is 2.51. The summed E-state index contributed by atoms with van der Waals surface area (Å²) in [5.74, 6) is -2.00. The molecular weight excluding hydrogens is 415 g/mol. The number of carbonyl (C=O) groups is 3. The Morgan fingerprint density at radius 2 is 1.67 bits per heavy atom. The second kappa shape index (κ2) is 7.60. The molecule has 2 aromatic carbocycles. The number of halogens is 3. The fraction of sp³-hybridized carbons (Fsp3) is 0.0556. The van der Waals surface area contributed by atoms with Crippen molar-refractivity contribution in [2.24, 2.45) is 0 Å². The number of ether oxygens (including phenoxy) is 1. The number of hydrogen-bond acceptors (Lipinski definition) is 5. The standard InChI is InChI=1S/C18H11Cl3N2O4/c1-27-18(26)9-3-2-4-13(5-9)23-16(24)14(21)15(17(23)25)22-12-7-10(19)6-11(20)8-12/h2-8,22H,1H3. The molecule has 1 N–H and O–H groups in total. The summed E-state index contributed by atoms with van der Waals surface area (Å²) >= 11 is 18.0. The van der Waals surface area contributed by atoms with Crippen LogP contribution in [0.4, 0.5) is 11.4 Å². The van der Waals surface area contributed by atoms with Gasteiger partial charge >= 0.3 is 5.97 Å². The predicted octanol–water partition coefficient (Wildman–Crippen LogP) is 4.22. The number of benzene rings is 2. The number of nitrogens with zero attached hydrogens (tertiary/aromatic N) is 1. The molecule has 138 valence electrons. The summed E-state index contributed by atoms with van der Waals surface area (Å²) in [6.45, 7) is 0. The molecule has 0 aliphatic carbocycles. The predicted molar refractivity (Wildman–Crippen MR) is 103 cm³/mol. The van der Waals surface area contributed by atoms with Crippen molar-refractivity contribution in [1.82, 2.24) is 0 Å². The van der Waals surface area contributed by atoms with E-state index in [1.807, 2.05) is 0 Å². The highest BCUT2D eigenvalue weighted by molar-refractivity contribution is 6.53. The van der Waals surface area contributed by atoms with Crippen LogP contribution in [0.15, 0.2) is 53.2 Å². The molecule has 0 fully saturated rings. The monoisotopic (exact) mass is 424 g/mol. The van der Waals surface area contributed by atoms with Crippen molar-refractivity contribution >= 4 is 64.0 Å². The third-order valence-corrected chi connectivity index (χ3v) is 4.47. The summed E-state index contributed by atoms with van der Waals surface area (Å²) in [4.78, 5) is 37.8. The van der Waals surface area contributed by atoms with Gasteiger partial charge in [-0.25, -0.2) is 9.69 Å². The highest BCUT2D eigenvalue weighted by Gasteiger charge is 2.39. The van der Waals surface area contributed by atoms with Gasteiger partial charge in [0.25, 0.3) is 11.8 Å². The quantitative estimate of drug-likeness (QED) is 0.586. The maximum Gasteiger partial charge on any atom is 0.337 e. The summed E-state index contributed by atoms with van der Waals surface area (Å²) in [6.07, 6.45) is 0. The number of anilines is 2. The first-order chi connectivity index (χ1) is 12.8. The van der Waals surface area contributed by atoms with Crippen molar-refractivity contribution in [2.45, 2.75) is 0 Å². The molecule has 0 aromatic heterocycles. The van der Waals surface area contributed by atoms with Crippen LogP contribution in [0.1, 0.15) is 10.4 Å². The van der Waals surface area contributed by atoms with E-state index in [1.165, 1.54) is 49.6 Å². The summed E-state index contributed by atoms with van der Waals surface area (Å²) in [5, 5.41) is 3.18. The van der Waals surface area contributed by atoms with Crippen molar-refractivity contribution in [1.29, 1.82) is 0 Å². The van der Waals surface area contributed by atoms with E-state index < -0.39 is 17.8 Å². The number of nitrogens with one attached hydrogen (secondary N) is 1. The van der Waals surface area contributed by atoms with Crippen LogP contribution in [-0.4, -0.2) is 24.9 Å². The molecule has 27 heavy (non-hydrogen) atoms. The Hall–Kier alpha value is -2.54. The lowest BCUT2D eigenvalue weighted by atomic mass is 10.2. The largest absolute Gasteiger partial charge is 0.465 e. The van der Waals surface area contributed by atoms with Crippen LogP contribution in [0.5, 0.6) is 0 Å². The fourth-order valence-corrected chi connectivity index (χ4v) is 3.24. The minimum atomic E-state index is -0.723. The van der Waals surface area contributed by atoms with Gasteiger partial charge in [-0.05, 0) is 36.4 Å². The van der Waals surface area contributed by atoms with Crippen molar-refractivity contribution in [3.63, 3.8) is 0 Å². The smallest absolute Gasteiger partial charge is 0.337 e. The molecule has 1 aliphatic rings. The maximum atomic E-state index is 12.8. The lowest BCUT2D eigenvalue weighted by Crippen LogP contribution is -2.32. The van der Waals surface area contributed by atoms with Gasteiger partial charge in [0.2, 0.25) is 0 Å². The van der Waals surface area contributed by atoms with Crippen LogP contribution in [0.25, 0.3) is 0 Å². The van der Waals surface area contributed by atoms with Crippen LogP contribution in [0.2, 0.25) is 10.0 Å². The molecule has 0 spiro atoms. The van der Waals surface area contributed by atoms with E-state index in [1.54, 1.807) is 0 Å². The number of carbonyl (C=O) groups excluding carboxylic acids is 3. The van der Waals surface area contributed by atoms with Gasteiger partial charge in [-0.1, -0.05) is 40.9 Å². The zero-order chi connectivity index (χ0) is 19.7. The lowest BCUT2D eigenvalue weighted by Gasteiger charge is -2.16. The second-order valence-corrected chi connectivity index (χ2v) is 6.71. The van der Waals surface area contributed by atoms with E-state index in [0.717, 1.165) is 4.90 Å². The third kappa shape index (κ3) is 3.78. The van der Waals surface area contributed by atoms with E-state index >= 15 is 0 Å². The molecule has 0 unspecified atom stereocenters. The number of imide groups is 1. The van der Waals surface area contributed by atoms with Crippen molar-refractivity contribution in [2.75, 3.05) is 17.3 Å². The van der Waals surface area contributed by atoms with E-state index in [-0.39, 0.29) is 22.0 Å². The van der Waals surface area contributed by atoms with E-state index in [4.69, 9.17) is 34.8 Å². The summed E-state index contributed by atoms with van der Waals surface area (Å²) in [5.41, 5.74) is 0.650. The molecule has 6 nitrogen and oxygen atoms in total. The Labute approximate surface area is 169 Å². The van der Waals surface area contributed by atoms with E-state index in [0.29, 0.717) is 15.7 Å². The first-order valence-corrected chi connectivity index (χ1v) is 8.65. The second-order valence-electron chi connectivity index (χ2n) is 5.46. The zero-order valence-electron chi connectivity index (χ0n) is 13.8. The average molecular weight is 426 g/mol. The minimum Gasteiger partial charge on any atom is -0.465 e. The molecule has 0 saturated heterocycles. The average Bonchev–Trinajstić information content (AvgIpc) is 2.84. The first-order valence-electron chi connectivity index (χ1n) is 7.52. The first kappa shape index (κ1) is 19.2. The number of amides is 2. The SMILES string of the molecule is COC(=O)c1cccc(N2C(=O)C(Cl)=C(Nc3cc(Cl)cc(Cl)c3)C2=O)c1. The molecular formula is C18H11Cl3N2O4. The Morgan fingerprint density at radius 3 is 2.30 bits per heavy atom. The molecule has 0 bridgehead atoms. The lowest BCUT2D eigenvalue weighted by molar-refractivity contribution is -0.120. The highest BCUT2D eigenvalue weighted by Crippen LogP contribution is 2.32. The third-order valence-electron chi connectivity index (χ3n) is 3.68.